The van der Waals surface area contributed by atoms with E-state index in [1.54, 1.807) is 23.7 Å². The summed E-state index contributed by atoms with van der Waals surface area (Å²) in [5.74, 6) is 1.44. The van der Waals surface area contributed by atoms with Gasteiger partial charge in [0.05, 0.1) is 11.9 Å². The number of anilines is 1. The van der Waals surface area contributed by atoms with Crippen LogP contribution in [0.25, 0.3) is 32.0 Å². The zero-order valence-corrected chi connectivity index (χ0v) is 15.8. The molecule has 138 valence electrons. The highest BCUT2D eigenvalue weighted by molar-refractivity contribution is 7.22. The van der Waals surface area contributed by atoms with E-state index in [-0.39, 0.29) is 5.91 Å². The first kappa shape index (κ1) is 16.8. The zero-order chi connectivity index (χ0) is 18.9. The van der Waals surface area contributed by atoms with Gasteiger partial charge in [-0.05, 0) is 23.8 Å². The van der Waals surface area contributed by atoms with Crippen molar-refractivity contribution in [2.45, 2.75) is 0 Å². The molecule has 5 rings (SSSR count). The van der Waals surface area contributed by atoms with Crippen LogP contribution in [0.1, 0.15) is 0 Å². The molecule has 1 aliphatic rings. The van der Waals surface area contributed by atoms with E-state index in [9.17, 15) is 4.79 Å². The number of amides is 1. The molecule has 0 bridgehead atoms. The summed E-state index contributed by atoms with van der Waals surface area (Å²) in [5, 5.41) is 3.85. The molecular formula is C21H17N5OS. The Morgan fingerprint density at radius 3 is 2.68 bits per heavy atom. The van der Waals surface area contributed by atoms with Gasteiger partial charge in [-0.2, -0.15) is 0 Å². The van der Waals surface area contributed by atoms with Gasteiger partial charge in [0, 0.05) is 35.9 Å². The molecule has 4 aromatic rings. The molecule has 28 heavy (non-hydrogen) atoms. The number of hydrogen-bond acceptors (Lipinski definition) is 6. The standard InChI is InChI=1S/C21H17N5OS/c27-18-13-26(10-9-23-18)20-16-11-17(14-5-2-1-3-6-14)28-21(16)25-19(24-20)15-7-4-8-22-12-15/h1-8,11-12H,9-10,13H2,(H,23,27). The summed E-state index contributed by atoms with van der Waals surface area (Å²) >= 11 is 1.64. The molecule has 0 spiro atoms. The predicted molar refractivity (Wildman–Crippen MR) is 111 cm³/mol. The quantitative estimate of drug-likeness (QED) is 0.584. The maximum atomic E-state index is 12.0. The van der Waals surface area contributed by atoms with Crippen LogP contribution in [0.2, 0.25) is 0 Å². The number of piperazine rings is 1. The Balaban J connectivity index is 1.70. The highest BCUT2D eigenvalue weighted by atomic mass is 32.1. The van der Waals surface area contributed by atoms with Gasteiger partial charge in [0.25, 0.3) is 0 Å². The van der Waals surface area contributed by atoms with Crippen molar-refractivity contribution in [2.75, 3.05) is 24.5 Å². The Bertz CT molecular complexity index is 1140. The molecule has 1 saturated heterocycles. The van der Waals surface area contributed by atoms with Gasteiger partial charge in [0.15, 0.2) is 5.82 Å². The summed E-state index contributed by atoms with van der Waals surface area (Å²) in [6, 6.07) is 16.2. The van der Waals surface area contributed by atoms with Crippen molar-refractivity contribution in [2.24, 2.45) is 0 Å². The SMILES string of the molecule is O=C1CN(c2nc(-c3cccnc3)nc3sc(-c4ccccc4)cc23)CCN1. The molecule has 0 saturated carbocycles. The molecule has 0 atom stereocenters. The summed E-state index contributed by atoms with van der Waals surface area (Å²) in [6.07, 6.45) is 3.50. The average Bonchev–Trinajstić information content (AvgIpc) is 3.18. The maximum Gasteiger partial charge on any atom is 0.239 e. The van der Waals surface area contributed by atoms with Crippen molar-refractivity contribution in [3.8, 4) is 21.8 Å². The Morgan fingerprint density at radius 2 is 1.89 bits per heavy atom. The van der Waals surface area contributed by atoms with E-state index in [0.717, 1.165) is 38.6 Å². The number of nitrogens with zero attached hydrogens (tertiary/aromatic N) is 4. The molecular weight excluding hydrogens is 370 g/mol. The van der Waals surface area contributed by atoms with Gasteiger partial charge < -0.3 is 10.2 Å². The third-order valence-corrected chi connectivity index (χ3v) is 5.77. The van der Waals surface area contributed by atoms with Crippen LogP contribution >= 0.6 is 11.3 Å². The minimum absolute atomic E-state index is 0.0134. The van der Waals surface area contributed by atoms with Crippen molar-refractivity contribution < 1.29 is 4.79 Å². The second-order valence-electron chi connectivity index (χ2n) is 6.58. The highest BCUT2D eigenvalue weighted by Crippen LogP contribution is 2.37. The minimum Gasteiger partial charge on any atom is -0.353 e. The van der Waals surface area contributed by atoms with E-state index >= 15 is 0 Å². The molecule has 6 nitrogen and oxygen atoms in total. The third-order valence-electron chi connectivity index (χ3n) is 4.69. The summed E-state index contributed by atoms with van der Waals surface area (Å²) in [4.78, 5) is 29.9. The van der Waals surface area contributed by atoms with Crippen molar-refractivity contribution in [3.05, 3.63) is 60.9 Å². The fourth-order valence-corrected chi connectivity index (χ4v) is 4.37. The number of carbonyl (C=O) groups excluding carboxylic acids is 1. The first-order valence-corrected chi connectivity index (χ1v) is 9.88. The normalized spacial score (nSPS) is 14.3. The number of nitrogens with one attached hydrogen (secondary N) is 1. The first-order chi connectivity index (χ1) is 13.8. The van der Waals surface area contributed by atoms with E-state index in [4.69, 9.17) is 9.97 Å². The number of carbonyl (C=O) groups is 1. The average molecular weight is 387 g/mol. The molecule has 4 heterocycles. The first-order valence-electron chi connectivity index (χ1n) is 9.07. The fourth-order valence-electron chi connectivity index (χ4n) is 3.34. The van der Waals surface area contributed by atoms with Gasteiger partial charge in [-0.1, -0.05) is 30.3 Å². The molecule has 7 heteroatoms. The molecule has 1 N–H and O–H groups in total. The van der Waals surface area contributed by atoms with E-state index in [1.165, 1.54) is 0 Å². The lowest BCUT2D eigenvalue weighted by Crippen LogP contribution is -2.48. The van der Waals surface area contributed by atoms with Crippen LogP contribution in [-0.2, 0) is 4.79 Å². The van der Waals surface area contributed by atoms with E-state index in [1.807, 2.05) is 35.2 Å². The molecule has 0 radical (unpaired) electrons. The zero-order valence-electron chi connectivity index (χ0n) is 15.0. The number of aromatic nitrogens is 3. The lowest BCUT2D eigenvalue weighted by molar-refractivity contribution is -0.120. The van der Waals surface area contributed by atoms with E-state index < -0.39 is 0 Å². The number of benzene rings is 1. The number of hydrogen-bond donors (Lipinski definition) is 1. The second kappa shape index (κ2) is 7.01. The Kier molecular flexibility index (Phi) is 4.21. The molecule has 1 amide bonds. The lowest BCUT2D eigenvalue weighted by Gasteiger charge is -2.28. The fraction of sp³-hybridized carbons (Fsp3) is 0.143. The molecule has 1 fully saturated rings. The Labute approximate surface area is 165 Å². The summed E-state index contributed by atoms with van der Waals surface area (Å²) in [7, 11) is 0. The summed E-state index contributed by atoms with van der Waals surface area (Å²) < 4.78 is 0. The highest BCUT2D eigenvalue weighted by Gasteiger charge is 2.22. The maximum absolute atomic E-state index is 12.0. The minimum atomic E-state index is 0.0134. The number of rotatable bonds is 3. The van der Waals surface area contributed by atoms with Crippen molar-refractivity contribution in [3.63, 3.8) is 0 Å². The molecule has 1 aliphatic heterocycles. The van der Waals surface area contributed by atoms with Crippen LogP contribution in [0.4, 0.5) is 5.82 Å². The molecule has 1 aromatic carbocycles. The number of fused-ring (bicyclic) bond motifs is 1. The van der Waals surface area contributed by atoms with Gasteiger partial charge in [-0.15, -0.1) is 11.3 Å². The largest absolute Gasteiger partial charge is 0.353 e. The van der Waals surface area contributed by atoms with E-state index in [0.29, 0.717) is 18.9 Å². The summed E-state index contributed by atoms with van der Waals surface area (Å²) in [5.41, 5.74) is 2.01. The third kappa shape index (κ3) is 3.10. The number of pyridine rings is 1. The van der Waals surface area contributed by atoms with Gasteiger partial charge in [-0.25, -0.2) is 9.97 Å². The van der Waals surface area contributed by atoms with Gasteiger partial charge in [0.2, 0.25) is 5.91 Å². The van der Waals surface area contributed by atoms with Crippen LogP contribution in [-0.4, -0.2) is 40.5 Å². The van der Waals surface area contributed by atoms with Crippen LogP contribution in [0, 0.1) is 0 Å². The van der Waals surface area contributed by atoms with Crippen molar-refractivity contribution in [1.29, 1.82) is 0 Å². The smallest absolute Gasteiger partial charge is 0.239 e. The van der Waals surface area contributed by atoms with Crippen LogP contribution in [0.5, 0.6) is 0 Å². The lowest BCUT2D eigenvalue weighted by atomic mass is 10.1. The predicted octanol–water partition coefficient (Wildman–Crippen LogP) is 3.36. The number of thiophene rings is 1. The van der Waals surface area contributed by atoms with Crippen molar-refractivity contribution >= 4 is 33.3 Å². The Morgan fingerprint density at radius 1 is 1.04 bits per heavy atom. The Hall–Kier alpha value is -3.32. The topological polar surface area (TPSA) is 71.0 Å². The van der Waals surface area contributed by atoms with Gasteiger partial charge >= 0.3 is 0 Å². The monoisotopic (exact) mass is 387 g/mol. The van der Waals surface area contributed by atoms with Gasteiger partial charge in [0.1, 0.15) is 10.6 Å². The van der Waals surface area contributed by atoms with Crippen LogP contribution in [0.15, 0.2) is 60.9 Å². The molecule has 0 unspecified atom stereocenters. The molecule has 0 aliphatic carbocycles. The van der Waals surface area contributed by atoms with E-state index in [2.05, 4.69) is 28.5 Å². The summed E-state index contributed by atoms with van der Waals surface area (Å²) in [6.45, 7) is 1.64. The van der Waals surface area contributed by atoms with Crippen LogP contribution < -0.4 is 10.2 Å². The van der Waals surface area contributed by atoms with Crippen molar-refractivity contribution in [1.82, 2.24) is 20.3 Å². The van der Waals surface area contributed by atoms with Gasteiger partial charge in [-0.3, -0.25) is 9.78 Å². The van der Waals surface area contributed by atoms with Crippen LogP contribution in [0.3, 0.4) is 0 Å². The molecule has 3 aromatic heterocycles. The second-order valence-corrected chi connectivity index (χ2v) is 7.61.